The van der Waals surface area contributed by atoms with E-state index >= 15 is 0 Å². The lowest BCUT2D eigenvalue weighted by Crippen LogP contribution is -2.37. The first kappa shape index (κ1) is 23.9. The number of thiocarbonyl (C=S) groups is 1. The van der Waals surface area contributed by atoms with Gasteiger partial charge in [0.25, 0.3) is 15.6 Å². The molecular weight excluding hydrogens is 488 g/mol. The van der Waals surface area contributed by atoms with E-state index in [-0.39, 0.29) is 21.5 Å². The van der Waals surface area contributed by atoms with Crippen LogP contribution in [-0.4, -0.2) is 29.1 Å². The van der Waals surface area contributed by atoms with Crippen molar-refractivity contribution >= 4 is 61.5 Å². The highest BCUT2D eigenvalue weighted by molar-refractivity contribution is 7.90. The standard InChI is InChI=1S/C23H20N6O4S2/c1-15(30)28-35(32,33)18-13-11-17(12-14-18)24-22-26-20-10-6-5-9-19(20)21(31)29(22)27-23(34)25-16-7-3-2-4-8-16/h2-14H,1H3,(H,24,26)(H,28,30)(H2,25,27,34). The summed E-state index contributed by atoms with van der Waals surface area (Å²) >= 11 is 5.38. The Morgan fingerprint density at radius 2 is 1.57 bits per heavy atom. The number of rotatable bonds is 6. The quantitative estimate of drug-likeness (QED) is 0.290. The smallest absolute Gasteiger partial charge is 0.281 e. The van der Waals surface area contributed by atoms with Gasteiger partial charge in [0, 0.05) is 18.3 Å². The van der Waals surface area contributed by atoms with Crippen LogP contribution in [0.3, 0.4) is 0 Å². The molecule has 0 unspecified atom stereocenters. The third-order valence-corrected chi connectivity index (χ3v) is 6.36. The predicted octanol–water partition coefficient (Wildman–Crippen LogP) is 2.91. The van der Waals surface area contributed by atoms with Crippen LogP contribution in [0.25, 0.3) is 10.9 Å². The van der Waals surface area contributed by atoms with Crippen molar-refractivity contribution in [2.75, 3.05) is 16.1 Å². The Hall–Kier alpha value is -4.29. The number of amides is 1. The Morgan fingerprint density at radius 3 is 2.26 bits per heavy atom. The van der Waals surface area contributed by atoms with E-state index in [1.807, 2.05) is 35.1 Å². The lowest BCUT2D eigenvalue weighted by Gasteiger charge is -2.17. The van der Waals surface area contributed by atoms with Crippen LogP contribution < -0.4 is 26.3 Å². The molecular formula is C23H20N6O4S2. The number of hydrogen-bond acceptors (Lipinski definition) is 7. The zero-order chi connectivity index (χ0) is 25.0. The minimum atomic E-state index is -3.97. The largest absolute Gasteiger partial charge is 0.331 e. The van der Waals surface area contributed by atoms with E-state index in [0.717, 1.165) is 12.6 Å². The number of benzene rings is 3. The van der Waals surface area contributed by atoms with Crippen LogP contribution in [0, 0.1) is 0 Å². The molecule has 0 radical (unpaired) electrons. The molecule has 178 valence electrons. The van der Waals surface area contributed by atoms with Gasteiger partial charge in [-0.3, -0.25) is 15.0 Å². The van der Waals surface area contributed by atoms with Gasteiger partial charge in [0.05, 0.1) is 15.8 Å². The minimum Gasteiger partial charge on any atom is -0.331 e. The fourth-order valence-electron chi connectivity index (χ4n) is 3.20. The summed E-state index contributed by atoms with van der Waals surface area (Å²) in [7, 11) is -3.97. The Balaban J connectivity index is 1.67. The van der Waals surface area contributed by atoms with Gasteiger partial charge < -0.3 is 10.6 Å². The maximum atomic E-state index is 13.2. The van der Waals surface area contributed by atoms with Crippen LogP contribution in [0.5, 0.6) is 0 Å². The van der Waals surface area contributed by atoms with Crippen molar-refractivity contribution in [3.8, 4) is 0 Å². The molecule has 12 heteroatoms. The summed E-state index contributed by atoms with van der Waals surface area (Å²) in [6, 6.07) is 21.7. The normalized spacial score (nSPS) is 11.0. The monoisotopic (exact) mass is 508 g/mol. The highest BCUT2D eigenvalue weighted by atomic mass is 32.2. The SMILES string of the molecule is CC(=O)NS(=O)(=O)c1ccc(Nc2nc3ccccc3c(=O)n2NC(=S)Nc2ccccc2)cc1. The second kappa shape index (κ2) is 9.91. The molecule has 0 aliphatic heterocycles. The average Bonchev–Trinajstić information content (AvgIpc) is 2.82. The van der Waals surface area contributed by atoms with E-state index in [4.69, 9.17) is 12.2 Å². The maximum absolute atomic E-state index is 13.2. The fourth-order valence-corrected chi connectivity index (χ4v) is 4.40. The van der Waals surface area contributed by atoms with Crippen LogP contribution >= 0.6 is 12.2 Å². The fraction of sp³-hybridized carbons (Fsp3) is 0.0435. The highest BCUT2D eigenvalue weighted by Gasteiger charge is 2.16. The second-order valence-electron chi connectivity index (χ2n) is 7.34. The van der Waals surface area contributed by atoms with Crippen molar-refractivity contribution in [2.24, 2.45) is 0 Å². The van der Waals surface area contributed by atoms with Crippen molar-refractivity contribution in [1.82, 2.24) is 14.4 Å². The first-order chi connectivity index (χ1) is 16.7. The lowest BCUT2D eigenvalue weighted by molar-refractivity contribution is -0.117. The third-order valence-electron chi connectivity index (χ3n) is 4.72. The first-order valence-corrected chi connectivity index (χ1v) is 12.2. The van der Waals surface area contributed by atoms with E-state index in [0.29, 0.717) is 16.6 Å². The molecule has 1 amide bonds. The van der Waals surface area contributed by atoms with Crippen molar-refractivity contribution in [3.63, 3.8) is 0 Å². The summed E-state index contributed by atoms with van der Waals surface area (Å²) in [6.45, 7) is 1.11. The number of fused-ring (bicyclic) bond motifs is 1. The molecule has 0 saturated carbocycles. The number of carbonyl (C=O) groups is 1. The van der Waals surface area contributed by atoms with E-state index in [9.17, 15) is 18.0 Å². The number of para-hydroxylation sites is 2. The zero-order valence-corrected chi connectivity index (χ0v) is 20.0. The molecule has 35 heavy (non-hydrogen) atoms. The van der Waals surface area contributed by atoms with Crippen LogP contribution in [0.4, 0.5) is 17.3 Å². The Bertz CT molecular complexity index is 1570. The number of carbonyl (C=O) groups excluding carboxylic acids is 1. The highest BCUT2D eigenvalue weighted by Crippen LogP contribution is 2.19. The molecule has 1 heterocycles. The van der Waals surface area contributed by atoms with Crippen LogP contribution in [0.2, 0.25) is 0 Å². The van der Waals surface area contributed by atoms with Crippen LogP contribution in [-0.2, 0) is 14.8 Å². The Morgan fingerprint density at radius 1 is 0.914 bits per heavy atom. The minimum absolute atomic E-state index is 0.0894. The molecule has 1 aromatic heterocycles. The maximum Gasteiger partial charge on any atom is 0.281 e. The van der Waals surface area contributed by atoms with Gasteiger partial charge in [-0.1, -0.05) is 30.3 Å². The van der Waals surface area contributed by atoms with Gasteiger partial charge in [0.15, 0.2) is 5.11 Å². The molecule has 0 fully saturated rings. The molecule has 4 aromatic rings. The number of anilines is 3. The summed E-state index contributed by atoms with van der Waals surface area (Å²) in [5.41, 5.74) is 4.11. The molecule has 0 aliphatic rings. The molecule has 0 atom stereocenters. The first-order valence-electron chi connectivity index (χ1n) is 10.3. The summed E-state index contributed by atoms with van der Waals surface area (Å²) in [5.74, 6) is -0.564. The van der Waals surface area contributed by atoms with E-state index < -0.39 is 15.9 Å². The molecule has 4 rings (SSSR count). The topological polar surface area (TPSA) is 134 Å². The predicted molar refractivity (Wildman–Crippen MR) is 139 cm³/mol. The third kappa shape index (κ3) is 5.62. The van der Waals surface area contributed by atoms with Crippen LogP contribution in [0.15, 0.2) is 88.6 Å². The summed E-state index contributed by atoms with van der Waals surface area (Å²) < 4.78 is 27.5. The van der Waals surface area contributed by atoms with Gasteiger partial charge in [-0.2, -0.15) is 4.68 Å². The second-order valence-corrected chi connectivity index (χ2v) is 9.43. The van der Waals surface area contributed by atoms with Gasteiger partial charge in [-0.25, -0.2) is 18.1 Å². The lowest BCUT2D eigenvalue weighted by atomic mass is 10.2. The number of aromatic nitrogens is 2. The van der Waals surface area contributed by atoms with Gasteiger partial charge in [0.2, 0.25) is 11.9 Å². The van der Waals surface area contributed by atoms with Gasteiger partial charge in [-0.05, 0) is 60.7 Å². The molecule has 0 spiro atoms. The van der Waals surface area contributed by atoms with Crippen molar-refractivity contribution in [3.05, 3.63) is 89.2 Å². The van der Waals surface area contributed by atoms with Crippen molar-refractivity contribution in [2.45, 2.75) is 11.8 Å². The molecule has 4 N–H and O–H groups in total. The molecule has 0 saturated heterocycles. The average molecular weight is 509 g/mol. The number of nitrogens with zero attached hydrogens (tertiary/aromatic N) is 2. The number of hydrogen-bond donors (Lipinski definition) is 4. The summed E-state index contributed by atoms with van der Waals surface area (Å²) in [5, 5.41) is 6.56. The molecule has 10 nitrogen and oxygen atoms in total. The van der Waals surface area contributed by atoms with Crippen molar-refractivity contribution < 1.29 is 13.2 Å². The Labute approximate surface area is 206 Å². The van der Waals surface area contributed by atoms with Gasteiger partial charge in [-0.15, -0.1) is 0 Å². The van der Waals surface area contributed by atoms with Gasteiger partial charge >= 0.3 is 0 Å². The van der Waals surface area contributed by atoms with Crippen molar-refractivity contribution in [1.29, 1.82) is 0 Å². The number of nitrogens with one attached hydrogen (secondary N) is 4. The summed E-state index contributed by atoms with van der Waals surface area (Å²) in [4.78, 5) is 28.8. The molecule has 0 aliphatic carbocycles. The number of sulfonamides is 1. The zero-order valence-electron chi connectivity index (χ0n) is 18.3. The van der Waals surface area contributed by atoms with Gasteiger partial charge in [0.1, 0.15) is 0 Å². The van der Waals surface area contributed by atoms with E-state index in [1.165, 1.54) is 28.9 Å². The molecule has 0 bridgehead atoms. The Kier molecular flexibility index (Phi) is 6.75. The molecule has 3 aromatic carbocycles. The van der Waals surface area contributed by atoms with E-state index in [1.54, 1.807) is 24.3 Å². The summed E-state index contributed by atoms with van der Waals surface area (Å²) in [6.07, 6.45) is 0. The van der Waals surface area contributed by atoms with E-state index in [2.05, 4.69) is 21.0 Å². The van der Waals surface area contributed by atoms with Crippen LogP contribution in [0.1, 0.15) is 6.92 Å².